The average molecular weight is 289 g/mol. The van der Waals surface area contributed by atoms with Gasteiger partial charge in [-0.3, -0.25) is 4.79 Å². The lowest BCUT2D eigenvalue weighted by atomic mass is 9.85. The maximum absolute atomic E-state index is 12.6. The van der Waals surface area contributed by atoms with Crippen molar-refractivity contribution < 1.29 is 9.53 Å². The van der Waals surface area contributed by atoms with Crippen molar-refractivity contribution >= 4 is 5.91 Å². The Kier molecular flexibility index (Phi) is 5.27. The molecule has 0 spiro atoms. The van der Waals surface area contributed by atoms with Gasteiger partial charge in [-0.1, -0.05) is 37.5 Å². The summed E-state index contributed by atoms with van der Waals surface area (Å²) in [6.45, 7) is 6.13. The summed E-state index contributed by atoms with van der Waals surface area (Å²) in [5.41, 5.74) is 1.19. The first-order valence-electron chi connectivity index (χ1n) is 7.99. The van der Waals surface area contributed by atoms with Crippen LogP contribution < -0.4 is 4.74 Å². The van der Waals surface area contributed by atoms with Crippen molar-refractivity contribution in [1.29, 1.82) is 0 Å². The normalized spacial score (nSPS) is 23.4. The number of ether oxygens (including phenoxy) is 1. The van der Waals surface area contributed by atoms with E-state index in [1.807, 2.05) is 50.1 Å². The van der Waals surface area contributed by atoms with Gasteiger partial charge >= 0.3 is 0 Å². The molecule has 1 aromatic rings. The van der Waals surface area contributed by atoms with Gasteiger partial charge in [-0.25, -0.2) is 0 Å². The fourth-order valence-corrected chi connectivity index (χ4v) is 3.19. The first-order valence-corrected chi connectivity index (χ1v) is 7.99. The van der Waals surface area contributed by atoms with Crippen LogP contribution in [-0.4, -0.2) is 30.0 Å². The van der Waals surface area contributed by atoms with Gasteiger partial charge in [0.1, 0.15) is 5.75 Å². The fourth-order valence-electron chi connectivity index (χ4n) is 3.19. The van der Waals surface area contributed by atoms with Gasteiger partial charge in [0.25, 0.3) is 5.91 Å². The van der Waals surface area contributed by atoms with E-state index in [9.17, 15) is 4.79 Å². The lowest BCUT2D eigenvalue weighted by Gasteiger charge is -2.37. The Morgan fingerprint density at radius 1 is 1.24 bits per heavy atom. The summed E-state index contributed by atoms with van der Waals surface area (Å²) in [6.07, 6.45) is 4.40. The highest BCUT2D eigenvalue weighted by Gasteiger charge is 2.30. The van der Waals surface area contributed by atoms with Gasteiger partial charge in [-0.15, -0.1) is 0 Å². The molecule has 116 valence electrons. The molecule has 1 aliphatic carbocycles. The molecule has 3 unspecified atom stereocenters. The van der Waals surface area contributed by atoms with Crippen molar-refractivity contribution in [3.05, 3.63) is 29.8 Å². The third-order valence-electron chi connectivity index (χ3n) is 4.59. The Morgan fingerprint density at radius 2 is 1.86 bits per heavy atom. The summed E-state index contributed by atoms with van der Waals surface area (Å²) in [5, 5.41) is 0. The zero-order chi connectivity index (χ0) is 15.4. The van der Waals surface area contributed by atoms with Crippen molar-refractivity contribution in [3.63, 3.8) is 0 Å². The first kappa shape index (κ1) is 15.9. The van der Waals surface area contributed by atoms with Crippen molar-refractivity contribution in [3.8, 4) is 5.75 Å². The third-order valence-corrected chi connectivity index (χ3v) is 4.59. The van der Waals surface area contributed by atoms with Gasteiger partial charge in [0.2, 0.25) is 0 Å². The molecule has 0 aliphatic heterocycles. The molecule has 1 aliphatic rings. The average Bonchev–Trinajstić information content (AvgIpc) is 2.48. The maximum atomic E-state index is 12.6. The van der Waals surface area contributed by atoms with Crippen LogP contribution in [0.4, 0.5) is 0 Å². The van der Waals surface area contributed by atoms with E-state index in [1.54, 1.807) is 0 Å². The summed E-state index contributed by atoms with van der Waals surface area (Å²) in [5.74, 6) is 1.42. The van der Waals surface area contributed by atoms with Gasteiger partial charge in [-0.05, 0) is 44.7 Å². The molecule has 1 amide bonds. The quantitative estimate of drug-likeness (QED) is 0.843. The molecular formula is C18H27NO2. The van der Waals surface area contributed by atoms with Crippen LogP contribution in [0.3, 0.4) is 0 Å². The summed E-state index contributed by atoms with van der Waals surface area (Å²) in [4.78, 5) is 14.5. The molecule has 0 aromatic heterocycles. The van der Waals surface area contributed by atoms with E-state index in [2.05, 4.69) is 6.92 Å². The van der Waals surface area contributed by atoms with Gasteiger partial charge in [0.15, 0.2) is 6.10 Å². The predicted octanol–water partition coefficient (Wildman–Crippen LogP) is 3.80. The number of nitrogens with zero attached hydrogens (tertiary/aromatic N) is 1. The molecule has 1 fully saturated rings. The van der Waals surface area contributed by atoms with Crippen LogP contribution in [0.25, 0.3) is 0 Å². The Balaban J connectivity index is 1.96. The molecule has 0 radical (unpaired) electrons. The van der Waals surface area contributed by atoms with E-state index >= 15 is 0 Å². The van der Waals surface area contributed by atoms with E-state index in [1.165, 1.54) is 24.8 Å². The SMILES string of the molecule is Cc1ccc(OC(C)C(=O)N(C)C2CCCCC2C)cc1. The summed E-state index contributed by atoms with van der Waals surface area (Å²) < 4.78 is 5.79. The van der Waals surface area contributed by atoms with Gasteiger partial charge < -0.3 is 9.64 Å². The number of likely N-dealkylation sites (N-methyl/N-ethyl adjacent to an activating group) is 1. The van der Waals surface area contributed by atoms with Crippen molar-refractivity contribution in [1.82, 2.24) is 4.90 Å². The second-order valence-corrected chi connectivity index (χ2v) is 6.35. The molecule has 1 aromatic carbocycles. The predicted molar refractivity (Wildman–Crippen MR) is 85.5 cm³/mol. The summed E-state index contributed by atoms with van der Waals surface area (Å²) in [6, 6.07) is 8.19. The minimum atomic E-state index is -0.438. The lowest BCUT2D eigenvalue weighted by Crippen LogP contribution is -2.47. The summed E-state index contributed by atoms with van der Waals surface area (Å²) >= 11 is 0. The van der Waals surface area contributed by atoms with Gasteiger partial charge in [0, 0.05) is 13.1 Å². The number of benzene rings is 1. The molecule has 3 heteroatoms. The molecule has 0 bridgehead atoms. The molecule has 0 heterocycles. The second kappa shape index (κ2) is 6.97. The third kappa shape index (κ3) is 3.99. The molecule has 21 heavy (non-hydrogen) atoms. The Morgan fingerprint density at radius 3 is 2.48 bits per heavy atom. The van der Waals surface area contributed by atoms with Crippen LogP contribution in [0.1, 0.15) is 45.1 Å². The van der Waals surface area contributed by atoms with E-state index in [0.29, 0.717) is 12.0 Å². The summed E-state index contributed by atoms with van der Waals surface area (Å²) in [7, 11) is 1.92. The van der Waals surface area contributed by atoms with Crippen molar-refractivity contribution in [2.24, 2.45) is 5.92 Å². The van der Waals surface area contributed by atoms with Crippen molar-refractivity contribution in [2.75, 3.05) is 7.05 Å². The minimum Gasteiger partial charge on any atom is -0.481 e. The fraction of sp³-hybridized carbons (Fsp3) is 0.611. The topological polar surface area (TPSA) is 29.5 Å². The number of carbonyl (C=O) groups is 1. The molecular weight excluding hydrogens is 262 g/mol. The number of hydrogen-bond donors (Lipinski definition) is 0. The highest BCUT2D eigenvalue weighted by Crippen LogP contribution is 2.28. The smallest absolute Gasteiger partial charge is 0.263 e. The van der Waals surface area contributed by atoms with E-state index < -0.39 is 6.10 Å². The first-order chi connectivity index (χ1) is 9.99. The number of hydrogen-bond acceptors (Lipinski definition) is 2. The zero-order valence-electron chi connectivity index (χ0n) is 13.6. The maximum Gasteiger partial charge on any atom is 0.263 e. The molecule has 3 nitrogen and oxygen atoms in total. The zero-order valence-corrected chi connectivity index (χ0v) is 13.6. The van der Waals surface area contributed by atoms with Crippen LogP contribution in [0, 0.1) is 12.8 Å². The molecule has 3 atom stereocenters. The molecule has 0 N–H and O–H groups in total. The van der Waals surface area contributed by atoms with E-state index in [-0.39, 0.29) is 5.91 Å². The minimum absolute atomic E-state index is 0.0781. The Hall–Kier alpha value is -1.51. The van der Waals surface area contributed by atoms with Gasteiger partial charge in [0.05, 0.1) is 0 Å². The largest absolute Gasteiger partial charge is 0.481 e. The Labute approximate surface area is 128 Å². The van der Waals surface area contributed by atoms with Gasteiger partial charge in [-0.2, -0.15) is 0 Å². The molecule has 2 rings (SSSR count). The number of carbonyl (C=O) groups excluding carboxylic acids is 1. The standard InChI is InChI=1S/C18H27NO2/c1-13-9-11-16(12-10-13)21-15(3)18(20)19(4)17-8-6-5-7-14(17)2/h9-12,14-15,17H,5-8H2,1-4H3. The Bertz CT molecular complexity index is 469. The molecule has 1 saturated carbocycles. The second-order valence-electron chi connectivity index (χ2n) is 6.35. The highest BCUT2D eigenvalue weighted by molar-refractivity contribution is 5.81. The number of amides is 1. The van der Waals surface area contributed by atoms with Crippen LogP contribution in [0.5, 0.6) is 5.75 Å². The van der Waals surface area contributed by atoms with Crippen LogP contribution in [0.2, 0.25) is 0 Å². The van der Waals surface area contributed by atoms with Crippen LogP contribution >= 0.6 is 0 Å². The lowest BCUT2D eigenvalue weighted by molar-refractivity contribution is -0.140. The highest BCUT2D eigenvalue weighted by atomic mass is 16.5. The molecule has 0 saturated heterocycles. The van der Waals surface area contributed by atoms with E-state index in [0.717, 1.165) is 12.2 Å². The monoisotopic (exact) mass is 289 g/mol. The number of rotatable bonds is 4. The van der Waals surface area contributed by atoms with Crippen LogP contribution in [0.15, 0.2) is 24.3 Å². The van der Waals surface area contributed by atoms with E-state index in [4.69, 9.17) is 4.74 Å². The number of aryl methyl sites for hydroxylation is 1. The van der Waals surface area contributed by atoms with Crippen molar-refractivity contribution in [2.45, 2.75) is 58.6 Å². The van der Waals surface area contributed by atoms with Crippen LogP contribution in [-0.2, 0) is 4.79 Å².